The number of piperidine rings is 1. The van der Waals surface area contributed by atoms with E-state index in [2.05, 4.69) is 0 Å². The number of hydrogen-bond acceptors (Lipinski definition) is 3. The Hall–Kier alpha value is -2.30. The van der Waals surface area contributed by atoms with Crippen LogP contribution in [0.2, 0.25) is 0 Å². The lowest BCUT2D eigenvalue weighted by atomic mass is 9.93. The molecule has 110 valence electrons. The monoisotopic (exact) mass is 286 g/mol. The van der Waals surface area contributed by atoms with Gasteiger partial charge in [-0.2, -0.15) is 0 Å². The second kappa shape index (κ2) is 5.24. The van der Waals surface area contributed by atoms with E-state index in [1.807, 2.05) is 31.2 Å². The smallest absolute Gasteiger partial charge is 0.289 e. The molecule has 2 aromatic rings. The molecule has 1 saturated heterocycles. The summed E-state index contributed by atoms with van der Waals surface area (Å²) in [6.45, 7) is 2.35. The number of likely N-dealkylation sites (tertiary alicyclic amines) is 1. The van der Waals surface area contributed by atoms with Crippen molar-refractivity contribution < 1.29 is 14.0 Å². The highest BCUT2D eigenvalue weighted by Gasteiger charge is 2.33. The zero-order valence-electron chi connectivity index (χ0n) is 11.9. The van der Waals surface area contributed by atoms with Crippen molar-refractivity contribution in [3.8, 4) is 0 Å². The van der Waals surface area contributed by atoms with Crippen LogP contribution in [0.15, 0.2) is 34.7 Å². The molecular weight excluding hydrogens is 268 g/mol. The van der Waals surface area contributed by atoms with Crippen molar-refractivity contribution in [2.45, 2.75) is 25.8 Å². The summed E-state index contributed by atoms with van der Waals surface area (Å²) in [5, 5.41) is 0.900. The number of carbonyl (C=O) groups excluding carboxylic acids is 2. The number of carbonyl (C=O) groups is 2. The van der Waals surface area contributed by atoms with E-state index in [1.165, 1.54) is 0 Å². The molecule has 2 amide bonds. The maximum absolute atomic E-state index is 12.6. The van der Waals surface area contributed by atoms with Crippen molar-refractivity contribution in [1.29, 1.82) is 0 Å². The van der Waals surface area contributed by atoms with Crippen LogP contribution in [0, 0.1) is 5.92 Å². The molecule has 0 unspecified atom stereocenters. The molecule has 1 fully saturated rings. The number of nitrogens with zero attached hydrogens (tertiary/aromatic N) is 1. The molecule has 1 aromatic heterocycles. The molecule has 3 rings (SSSR count). The zero-order valence-corrected chi connectivity index (χ0v) is 11.9. The Balaban J connectivity index is 1.87. The largest absolute Gasteiger partial charge is 0.451 e. The summed E-state index contributed by atoms with van der Waals surface area (Å²) in [5.74, 6) is -0.475. The van der Waals surface area contributed by atoms with Gasteiger partial charge in [-0.05, 0) is 31.9 Å². The fourth-order valence-electron chi connectivity index (χ4n) is 2.85. The van der Waals surface area contributed by atoms with Gasteiger partial charge in [-0.1, -0.05) is 18.2 Å². The first-order valence-corrected chi connectivity index (χ1v) is 7.15. The van der Waals surface area contributed by atoms with Gasteiger partial charge in [-0.25, -0.2) is 0 Å². The lowest BCUT2D eigenvalue weighted by Crippen LogP contribution is -2.48. The van der Waals surface area contributed by atoms with Crippen LogP contribution in [0.1, 0.15) is 30.3 Å². The Bertz CT molecular complexity index is 659. The van der Waals surface area contributed by atoms with Crippen LogP contribution in [-0.2, 0) is 4.79 Å². The van der Waals surface area contributed by atoms with Crippen LogP contribution in [0.4, 0.5) is 0 Å². The van der Waals surface area contributed by atoms with Crippen LogP contribution >= 0.6 is 0 Å². The van der Waals surface area contributed by atoms with Crippen LogP contribution in [-0.4, -0.2) is 29.3 Å². The standard InChI is InChI=1S/C16H18N2O3/c1-10-6-7-12(15(17)19)9-18(10)16(20)14-8-11-4-2-3-5-13(11)21-14/h2-5,8,10,12H,6-7,9H2,1H3,(H2,17,19)/t10-,12-/m0/s1. The van der Waals surface area contributed by atoms with E-state index < -0.39 is 0 Å². The molecule has 1 aromatic carbocycles. The molecule has 0 aliphatic carbocycles. The number of para-hydroxylation sites is 1. The van der Waals surface area contributed by atoms with Gasteiger partial charge in [0.25, 0.3) is 5.91 Å². The number of nitrogens with two attached hydrogens (primary N) is 1. The maximum Gasteiger partial charge on any atom is 0.289 e. The highest BCUT2D eigenvalue weighted by molar-refractivity contribution is 5.96. The number of hydrogen-bond donors (Lipinski definition) is 1. The summed E-state index contributed by atoms with van der Waals surface area (Å²) in [5.41, 5.74) is 6.07. The first-order valence-electron chi connectivity index (χ1n) is 7.15. The third kappa shape index (κ3) is 2.51. The molecule has 0 radical (unpaired) electrons. The van der Waals surface area contributed by atoms with Gasteiger partial charge >= 0.3 is 0 Å². The predicted octanol–water partition coefficient (Wildman–Crippen LogP) is 2.16. The molecular formula is C16H18N2O3. The van der Waals surface area contributed by atoms with Gasteiger partial charge in [0.2, 0.25) is 5.91 Å². The summed E-state index contributed by atoms with van der Waals surface area (Å²) in [4.78, 5) is 25.7. The van der Waals surface area contributed by atoms with Gasteiger partial charge in [-0.15, -0.1) is 0 Å². The molecule has 0 saturated carbocycles. The number of furan rings is 1. The van der Waals surface area contributed by atoms with Crippen molar-refractivity contribution in [2.24, 2.45) is 11.7 Å². The van der Waals surface area contributed by atoms with Crippen molar-refractivity contribution in [1.82, 2.24) is 4.90 Å². The summed E-state index contributed by atoms with van der Waals surface area (Å²) in [7, 11) is 0. The van der Waals surface area contributed by atoms with Gasteiger partial charge in [0.05, 0.1) is 5.92 Å². The minimum absolute atomic E-state index is 0.0845. The molecule has 2 heterocycles. The minimum Gasteiger partial charge on any atom is -0.451 e. The molecule has 5 heteroatoms. The number of primary amides is 1. The third-order valence-electron chi connectivity index (χ3n) is 4.18. The fourth-order valence-corrected chi connectivity index (χ4v) is 2.85. The van der Waals surface area contributed by atoms with Crippen LogP contribution in [0.3, 0.4) is 0 Å². The van der Waals surface area contributed by atoms with E-state index in [1.54, 1.807) is 11.0 Å². The van der Waals surface area contributed by atoms with E-state index in [-0.39, 0.29) is 23.8 Å². The molecule has 1 aliphatic rings. The highest BCUT2D eigenvalue weighted by Crippen LogP contribution is 2.26. The van der Waals surface area contributed by atoms with Crippen molar-refractivity contribution >= 4 is 22.8 Å². The summed E-state index contributed by atoms with van der Waals surface area (Å²) >= 11 is 0. The van der Waals surface area contributed by atoms with E-state index in [0.29, 0.717) is 17.9 Å². The second-order valence-electron chi connectivity index (χ2n) is 5.63. The highest BCUT2D eigenvalue weighted by atomic mass is 16.3. The molecule has 5 nitrogen and oxygen atoms in total. The average molecular weight is 286 g/mol. The maximum atomic E-state index is 12.6. The average Bonchev–Trinajstić information content (AvgIpc) is 2.90. The lowest BCUT2D eigenvalue weighted by Gasteiger charge is -2.36. The molecule has 21 heavy (non-hydrogen) atoms. The Morgan fingerprint density at radius 3 is 2.76 bits per heavy atom. The van der Waals surface area contributed by atoms with Gasteiger partial charge in [-0.3, -0.25) is 9.59 Å². The SMILES string of the molecule is C[C@H]1CC[C@H](C(N)=O)CN1C(=O)c1cc2ccccc2o1. The van der Waals surface area contributed by atoms with Crippen molar-refractivity contribution in [3.05, 3.63) is 36.1 Å². The first kappa shape index (κ1) is 13.7. The molecule has 0 spiro atoms. The summed E-state index contributed by atoms with van der Waals surface area (Å²) in [6, 6.07) is 9.34. The predicted molar refractivity (Wildman–Crippen MR) is 78.6 cm³/mol. The van der Waals surface area contributed by atoms with Gasteiger partial charge in [0.1, 0.15) is 5.58 Å². The molecule has 0 bridgehead atoms. The van der Waals surface area contributed by atoms with Crippen LogP contribution in [0.25, 0.3) is 11.0 Å². The first-order chi connectivity index (χ1) is 10.1. The Morgan fingerprint density at radius 2 is 2.05 bits per heavy atom. The van der Waals surface area contributed by atoms with E-state index >= 15 is 0 Å². The molecule has 1 aliphatic heterocycles. The second-order valence-corrected chi connectivity index (χ2v) is 5.63. The fraction of sp³-hybridized carbons (Fsp3) is 0.375. The Morgan fingerprint density at radius 1 is 1.29 bits per heavy atom. The number of rotatable bonds is 2. The topological polar surface area (TPSA) is 76.5 Å². The van der Waals surface area contributed by atoms with Crippen molar-refractivity contribution in [3.63, 3.8) is 0 Å². The minimum atomic E-state index is -0.343. The van der Waals surface area contributed by atoms with E-state index in [9.17, 15) is 9.59 Å². The summed E-state index contributed by atoms with van der Waals surface area (Å²) in [6.07, 6.45) is 1.51. The van der Waals surface area contributed by atoms with Crippen LogP contribution < -0.4 is 5.73 Å². The zero-order chi connectivity index (χ0) is 15.0. The van der Waals surface area contributed by atoms with Crippen LogP contribution in [0.5, 0.6) is 0 Å². The van der Waals surface area contributed by atoms with Gasteiger partial charge in [0, 0.05) is 18.0 Å². The Kier molecular flexibility index (Phi) is 3.41. The summed E-state index contributed by atoms with van der Waals surface area (Å²) < 4.78 is 5.62. The van der Waals surface area contributed by atoms with E-state index in [0.717, 1.165) is 18.2 Å². The number of benzene rings is 1. The number of fused-ring (bicyclic) bond motifs is 1. The van der Waals surface area contributed by atoms with Gasteiger partial charge in [0.15, 0.2) is 5.76 Å². The Labute approximate surface area is 122 Å². The third-order valence-corrected chi connectivity index (χ3v) is 4.18. The van der Waals surface area contributed by atoms with Gasteiger partial charge < -0.3 is 15.1 Å². The normalized spacial score (nSPS) is 22.4. The van der Waals surface area contributed by atoms with E-state index in [4.69, 9.17) is 10.2 Å². The molecule has 2 N–H and O–H groups in total. The van der Waals surface area contributed by atoms with Crippen molar-refractivity contribution in [2.75, 3.05) is 6.54 Å². The quantitative estimate of drug-likeness (QED) is 0.919. The molecule has 2 atom stereocenters. The number of amides is 2. The lowest BCUT2D eigenvalue weighted by molar-refractivity contribution is -0.123.